The third kappa shape index (κ3) is 4.37. The van der Waals surface area contributed by atoms with Crippen LogP contribution in [0.15, 0.2) is 28.6 Å². The summed E-state index contributed by atoms with van der Waals surface area (Å²) in [5.74, 6) is -0.701. The molecule has 0 aliphatic carbocycles. The molecule has 130 valence electrons. The van der Waals surface area contributed by atoms with Gasteiger partial charge < -0.3 is 0 Å². The molecule has 0 aliphatic heterocycles. The third-order valence-corrected chi connectivity index (χ3v) is 5.66. The van der Waals surface area contributed by atoms with Crippen molar-refractivity contribution in [3.63, 3.8) is 0 Å². The van der Waals surface area contributed by atoms with Crippen LogP contribution in [0.4, 0.5) is 5.13 Å². The van der Waals surface area contributed by atoms with Crippen LogP contribution in [0.2, 0.25) is 0 Å². The van der Waals surface area contributed by atoms with Crippen LogP contribution in [0.3, 0.4) is 0 Å². The van der Waals surface area contributed by atoms with E-state index in [-0.39, 0.29) is 10.8 Å². The predicted octanol–water partition coefficient (Wildman–Crippen LogP) is 2.10. The summed E-state index contributed by atoms with van der Waals surface area (Å²) < 4.78 is 27.7. The number of aryl methyl sites for hydroxylation is 2. The molecule has 0 fully saturated rings. The van der Waals surface area contributed by atoms with E-state index in [2.05, 4.69) is 20.2 Å². The first-order valence-electron chi connectivity index (χ1n) is 7.37. The number of nitrogens with zero attached hydrogens (tertiary/aromatic N) is 2. The van der Waals surface area contributed by atoms with E-state index in [9.17, 15) is 13.2 Å². The summed E-state index contributed by atoms with van der Waals surface area (Å²) in [6.45, 7) is 7.29. The number of hydrogen-bond acceptors (Lipinski definition) is 6. The number of amides is 1. The highest BCUT2D eigenvalue weighted by atomic mass is 32.2. The third-order valence-electron chi connectivity index (χ3n) is 3.61. The Balaban J connectivity index is 2.22. The van der Waals surface area contributed by atoms with Crippen molar-refractivity contribution in [1.82, 2.24) is 14.9 Å². The summed E-state index contributed by atoms with van der Waals surface area (Å²) in [4.78, 5) is 12.5. The minimum absolute atomic E-state index is 0.139. The van der Waals surface area contributed by atoms with E-state index in [1.54, 1.807) is 26.0 Å². The van der Waals surface area contributed by atoms with E-state index in [1.807, 2.05) is 13.8 Å². The SMILES string of the molecule is Cc1ccc(S(=O)(=O)NC(C(=O)Nc2nncs2)C(C)C)cc1C. The second kappa shape index (κ2) is 7.37. The van der Waals surface area contributed by atoms with E-state index in [0.717, 1.165) is 11.1 Å². The molecule has 0 radical (unpaired) electrons. The average Bonchev–Trinajstić information content (AvgIpc) is 3.00. The number of benzene rings is 1. The lowest BCUT2D eigenvalue weighted by molar-refractivity contribution is -0.118. The predicted molar refractivity (Wildman–Crippen MR) is 93.4 cm³/mol. The minimum atomic E-state index is -3.81. The molecule has 1 aromatic heterocycles. The quantitative estimate of drug-likeness (QED) is 0.813. The fraction of sp³-hybridized carbons (Fsp3) is 0.400. The minimum Gasteiger partial charge on any atom is -0.299 e. The van der Waals surface area contributed by atoms with Gasteiger partial charge in [-0.25, -0.2) is 8.42 Å². The number of aromatic nitrogens is 2. The molecule has 1 atom stereocenters. The van der Waals surface area contributed by atoms with Crippen LogP contribution in [0, 0.1) is 19.8 Å². The molecule has 1 aromatic carbocycles. The number of carbonyl (C=O) groups is 1. The second-order valence-corrected chi connectivity index (χ2v) is 8.37. The van der Waals surface area contributed by atoms with Gasteiger partial charge in [0.1, 0.15) is 11.6 Å². The van der Waals surface area contributed by atoms with Gasteiger partial charge in [0.05, 0.1) is 4.90 Å². The van der Waals surface area contributed by atoms with Crippen LogP contribution in [-0.2, 0) is 14.8 Å². The molecule has 2 rings (SSSR count). The molecular formula is C15H20N4O3S2. The van der Waals surface area contributed by atoms with E-state index in [0.29, 0.717) is 5.13 Å². The Kier molecular flexibility index (Phi) is 5.68. The largest absolute Gasteiger partial charge is 0.299 e. The normalized spacial score (nSPS) is 13.0. The molecule has 7 nitrogen and oxygen atoms in total. The van der Waals surface area contributed by atoms with Crippen molar-refractivity contribution < 1.29 is 13.2 Å². The smallest absolute Gasteiger partial charge is 0.244 e. The summed E-state index contributed by atoms with van der Waals surface area (Å²) in [5.41, 5.74) is 3.36. The van der Waals surface area contributed by atoms with E-state index in [4.69, 9.17) is 0 Å². The molecule has 0 spiro atoms. The number of nitrogens with one attached hydrogen (secondary N) is 2. The number of hydrogen-bond donors (Lipinski definition) is 2. The maximum Gasteiger partial charge on any atom is 0.244 e. The summed E-state index contributed by atoms with van der Waals surface area (Å²) in [7, 11) is -3.81. The maximum absolute atomic E-state index is 12.6. The lowest BCUT2D eigenvalue weighted by atomic mass is 10.1. The highest BCUT2D eigenvalue weighted by Gasteiger charge is 2.29. The van der Waals surface area contributed by atoms with Gasteiger partial charge in [-0.1, -0.05) is 31.3 Å². The van der Waals surface area contributed by atoms with Crippen LogP contribution in [0.25, 0.3) is 0 Å². The number of rotatable bonds is 6. The fourth-order valence-electron chi connectivity index (χ4n) is 2.02. The van der Waals surface area contributed by atoms with Crippen LogP contribution in [0.5, 0.6) is 0 Å². The van der Waals surface area contributed by atoms with Gasteiger partial charge in [-0.15, -0.1) is 10.2 Å². The molecule has 0 aliphatic rings. The lowest BCUT2D eigenvalue weighted by Crippen LogP contribution is -2.47. The zero-order chi connectivity index (χ0) is 17.9. The number of sulfonamides is 1. The van der Waals surface area contributed by atoms with Crippen molar-refractivity contribution in [2.45, 2.75) is 38.6 Å². The zero-order valence-electron chi connectivity index (χ0n) is 13.9. The molecule has 0 bridgehead atoms. The van der Waals surface area contributed by atoms with Gasteiger partial charge in [-0.3, -0.25) is 10.1 Å². The first-order chi connectivity index (χ1) is 11.2. The lowest BCUT2D eigenvalue weighted by Gasteiger charge is -2.21. The van der Waals surface area contributed by atoms with Crippen LogP contribution in [0.1, 0.15) is 25.0 Å². The molecule has 1 amide bonds. The number of carbonyl (C=O) groups excluding carboxylic acids is 1. The zero-order valence-corrected chi connectivity index (χ0v) is 15.5. The Morgan fingerprint density at radius 1 is 1.21 bits per heavy atom. The molecule has 0 saturated carbocycles. The van der Waals surface area contributed by atoms with Gasteiger partial charge in [-0.05, 0) is 43.0 Å². The first-order valence-corrected chi connectivity index (χ1v) is 9.73. The average molecular weight is 368 g/mol. The van der Waals surface area contributed by atoms with Crippen LogP contribution >= 0.6 is 11.3 Å². The van der Waals surface area contributed by atoms with Gasteiger partial charge in [0.25, 0.3) is 0 Å². The van der Waals surface area contributed by atoms with E-state index < -0.39 is 22.0 Å². The van der Waals surface area contributed by atoms with Crippen LogP contribution in [-0.4, -0.2) is 30.6 Å². The Morgan fingerprint density at radius 2 is 1.92 bits per heavy atom. The summed E-state index contributed by atoms with van der Waals surface area (Å²) in [6, 6.07) is 3.96. The van der Waals surface area contributed by atoms with Crippen molar-refractivity contribution in [1.29, 1.82) is 0 Å². The van der Waals surface area contributed by atoms with Crippen molar-refractivity contribution in [3.8, 4) is 0 Å². The topological polar surface area (TPSA) is 101 Å². The summed E-state index contributed by atoms with van der Waals surface area (Å²) >= 11 is 1.17. The molecular weight excluding hydrogens is 348 g/mol. The Bertz CT molecular complexity index is 817. The van der Waals surface area contributed by atoms with E-state index in [1.165, 1.54) is 22.9 Å². The Morgan fingerprint density at radius 3 is 2.46 bits per heavy atom. The Labute approximate surface area is 145 Å². The molecule has 1 heterocycles. The van der Waals surface area contributed by atoms with Gasteiger partial charge in [0.15, 0.2) is 0 Å². The highest BCUT2D eigenvalue weighted by Crippen LogP contribution is 2.17. The van der Waals surface area contributed by atoms with Crippen molar-refractivity contribution in [2.75, 3.05) is 5.32 Å². The summed E-state index contributed by atoms with van der Waals surface area (Å²) in [5, 5.41) is 10.3. The highest BCUT2D eigenvalue weighted by molar-refractivity contribution is 7.89. The van der Waals surface area contributed by atoms with Gasteiger partial charge >= 0.3 is 0 Å². The van der Waals surface area contributed by atoms with Crippen molar-refractivity contribution in [3.05, 3.63) is 34.8 Å². The first kappa shape index (κ1) is 18.5. The molecule has 9 heteroatoms. The molecule has 24 heavy (non-hydrogen) atoms. The molecule has 0 saturated heterocycles. The van der Waals surface area contributed by atoms with E-state index >= 15 is 0 Å². The summed E-state index contributed by atoms with van der Waals surface area (Å²) in [6.07, 6.45) is 0. The monoisotopic (exact) mass is 368 g/mol. The van der Waals surface area contributed by atoms with Gasteiger partial charge in [-0.2, -0.15) is 4.72 Å². The van der Waals surface area contributed by atoms with Crippen molar-refractivity contribution >= 4 is 32.4 Å². The van der Waals surface area contributed by atoms with Crippen LogP contribution < -0.4 is 10.0 Å². The second-order valence-electron chi connectivity index (χ2n) is 5.82. The fourth-order valence-corrected chi connectivity index (χ4v) is 3.90. The molecule has 2 N–H and O–H groups in total. The van der Waals surface area contributed by atoms with Gasteiger partial charge in [0.2, 0.25) is 21.1 Å². The Hall–Kier alpha value is -1.84. The van der Waals surface area contributed by atoms with Gasteiger partial charge in [0, 0.05) is 0 Å². The molecule has 1 unspecified atom stereocenters. The maximum atomic E-state index is 12.6. The standard InChI is InChI=1S/C15H20N4O3S2/c1-9(2)13(14(20)17-15-18-16-8-23-15)19-24(21,22)12-6-5-10(3)11(4)7-12/h5-9,13,19H,1-4H3,(H,17,18,20). The molecule has 2 aromatic rings. The van der Waals surface area contributed by atoms with Crippen molar-refractivity contribution in [2.24, 2.45) is 5.92 Å². The number of anilines is 1.